The Morgan fingerprint density at radius 1 is 1.14 bits per heavy atom. The largest absolute Gasteiger partial charge is 0.352 e. The third-order valence-corrected chi connectivity index (χ3v) is 5.95. The van der Waals surface area contributed by atoms with Crippen molar-refractivity contribution >= 4 is 27.5 Å². The van der Waals surface area contributed by atoms with E-state index in [1.54, 1.807) is 17.0 Å². The monoisotopic (exact) mass is 401 g/mol. The lowest BCUT2D eigenvalue weighted by atomic mass is 10.1. The average molecular weight is 401 g/mol. The quantitative estimate of drug-likeness (QED) is 0.793. The fourth-order valence-corrected chi connectivity index (χ4v) is 3.67. The van der Waals surface area contributed by atoms with Crippen molar-refractivity contribution in [2.45, 2.75) is 31.7 Å². The predicted molar refractivity (Wildman–Crippen MR) is 106 cm³/mol. The van der Waals surface area contributed by atoms with Crippen LogP contribution in [0.4, 0.5) is 5.69 Å². The number of nitrogens with one attached hydrogen (secondary N) is 1. The predicted octanol–water partition coefficient (Wildman–Crippen LogP) is 1.62. The van der Waals surface area contributed by atoms with Crippen LogP contribution in [0, 0.1) is 19.8 Å². The molecule has 1 heterocycles. The maximum Gasteiger partial charge on any atom is 0.238 e. The van der Waals surface area contributed by atoms with E-state index in [-0.39, 0.29) is 29.7 Å². The summed E-state index contributed by atoms with van der Waals surface area (Å²) >= 11 is 0. The van der Waals surface area contributed by atoms with Gasteiger partial charge in [0.25, 0.3) is 0 Å². The second-order valence-corrected chi connectivity index (χ2v) is 8.64. The molecule has 0 saturated carbocycles. The number of anilines is 1. The fourth-order valence-electron chi connectivity index (χ4n) is 3.16. The van der Waals surface area contributed by atoms with E-state index in [2.05, 4.69) is 5.32 Å². The lowest BCUT2D eigenvalue weighted by Gasteiger charge is -2.18. The Balaban J connectivity index is 1.61. The van der Waals surface area contributed by atoms with E-state index in [1.165, 1.54) is 12.1 Å². The van der Waals surface area contributed by atoms with Crippen molar-refractivity contribution in [1.29, 1.82) is 0 Å². The molecule has 0 radical (unpaired) electrons. The Kier molecular flexibility index (Phi) is 5.53. The summed E-state index contributed by atoms with van der Waals surface area (Å²) in [4.78, 5) is 26.5. The zero-order valence-corrected chi connectivity index (χ0v) is 16.6. The minimum Gasteiger partial charge on any atom is -0.352 e. The SMILES string of the molecule is Cc1ccc(N2C[C@H](C(=O)NCc3ccc(S(N)(=O)=O)cc3)CC2=O)cc1C. The first-order chi connectivity index (χ1) is 13.1. The van der Waals surface area contributed by atoms with Crippen molar-refractivity contribution in [2.75, 3.05) is 11.4 Å². The van der Waals surface area contributed by atoms with E-state index < -0.39 is 15.9 Å². The van der Waals surface area contributed by atoms with Crippen molar-refractivity contribution in [3.63, 3.8) is 0 Å². The van der Waals surface area contributed by atoms with Crippen LogP contribution >= 0.6 is 0 Å². The van der Waals surface area contributed by atoms with Crippen LogP contribution in [-0.2, 0) is 26.2 Å². The summed E-state index contributed by atoms with van der Waals surface area (Å²) in [6, 6.07) is 11.8. The van der Waals surface area contributed by atoms with E-state index in [0.717, 1.165) is 22.4 Å². The first kappa shape index (κ1) is 20.0. The molecule has 7 nitrogen and oxygen atoms in total. The van der Waals surface area contributed by atoms with E-state index in [0.29, 0.717) is 6.54 Å². The molecule has 0 aliphatic carbocycles. The van der Waals surface area contributed by atoms with E-state index in [9.17, 15) is 18.0 Å². The van der Waals surface area contributed by atoms with Crippen LogP contribution in [-0.4, -0.2) is 26.8 Å². The molecule has 1 atom stereocenters. The number of sulfonamides is 1. The molecule has 0 aromatic heterocycles. The van der Waals surface area contributed by atoms with Gasteiger partial charge in [-0.25, -0.2) is 13.6 Å². The second-order valence-electron chi connectivity index (χ2n) is 7.08. The van der Waals surface area contributed by atoms with Gasteiger partial charge in [0.2, 0.25) is 21.8 Å². The molecule has 3 rings (SSSR count). The van der Waals surface area contributed by atoms with Crippen LogP contribution in [0.15, 0.2) is 47.4 Å². The molecule has 2 amide bonds. The normalized spacial score (nSPS) is 17.0. The number of aryl methyl sites for hydroxylation is 2. The Bertz CT molecular complexity index is 1020. The zero-order chi connectivity index (χ0) is 20.5. The molecule has 1 aliphatic rings. The number of primary sulfonamides is 1. The molecule has 1 saturated heterocycles. The Morgan fingerprint density at radius 3 is 2.43 bits per heavy atom. The Labute approximate surface area is 164 Å². The number of hydrogen-bond donors (Lipinski definition) is 2. The highest BCUT2D eigenvalue weighted by atomic mass is 32.2. The van der Waals surface area contributed by atoms with Gasteiger partial charge < -0.3 is 10.2 Å². The fraction of sp³-hybridized carbons (Fsp3) is 0.300. The number of benzene rings is 2. The second kappa shape index (κ2) is 7.73. The Morgan fingerprint density at radius 2 is 1.82 bits per heavy atom. The first-order valence-corrected chi connectivity index (χ1v) is 10.5. The van der Waals surface area contributed by atoms with Crippen LogP contribution in [0.2, 0.25) is 0 Å². The van der Waals surface area contributed by atoms with Gasteiger partial charge in [0.15, 0.2) is 0 Å². The van der Waals surface area contributed by atoms with Gasteiger partial charge >= 0.3 is 0 Å². The molecular weight excluding hydrogens is 378 g/mol. The van der Waals surface area contributed by atoms with E-state index in [4.69, 9.17) is 5.14 Å². The number of carbonyl (C=O) groups excluding carboxylic acids is 2. The minimum atomic E-state index is -3.74. The van der Waals surface area contributed by atoms with Crippen LogP contribution in [0.1, 0.15) is 23.1 Å². The van der Waals surface area contributed by atoms with Gasteiger partial charge in [0, 0.05) is 25.2 Å². The minimum absolute atomic E-state index is 0.0213. The first-order valence-electron chi connectivity index (χ1n) is 8.92. The summed E-state index contributed by atoms with van der Waals surface area (Å²) < 4.78 is 22.5. The molecular formula is C20H23N3O4S. The smallest absolute Gasteiger partial charge is 0.238 e. The van der Waals surface area contributed by atoms with Crippen molar-refractivity contribution < 1.29 is 18.0 Å². The topological polar surface area (TPSA) is 110 Å². The Hall–Kier alpha value is -2.71. The van der Waals surface area contributed by atoms with Crippen molar-refractivity contribution in [2.24, 2.45) is 11.1 Å². The standard InChI is InChI=1S/C20H23N3O4S/c1-13-3-6-17(9-14(13)2)23-12-16(10-19(23)24)20(25)22-11-15-4-7-18(8-5-15)28(21,26)27/h3-9,16H,10-12H2,1-2H3,(H,22,25)(H2,21,26,27)/t16-/m1/s1. The number of hydrogen-bond acceptors (Lipinski definition) is 4. The molecule has 2 aromatic rings. The third kappa shape index (κ3) is 4.40. The molecule has 3 N–H and O–H groups in total. The van der Waals surface area contributed by atoms with Crippen LogP contribution in [0.25, 0.3) is 0 Å². The van der Waals surface area contributed by atoms with Crippen molar-refractivity contribution in [1.82, 2.24) is 5.32 Å². The van der Waals surface area contributed by atoms with Gasteiger partial charge in [-0.05, 0) is 54.8 Å². The zero-order valence-electron chi connectivity index (χ0n) is 15.8. The molecule has 1 fully saturated rings. The number of nitrogens with zero attached hydrogens (tertiary/aromatic N) is 1. The van der Waals surface area contributed by atoms with Crippen LogP contribution < -0.4 is 15.4 Å². The number of amides is 2. The van der Waals surface area contributed by atoms with Crippen molar-refractivity contribution in [3.8, 4) is 0 Å². The average Bonchev–Trinajstić information content (AvgIpc) is 3.03. The molecule has 0 bridgehead atoms. The van der Waals surface area contributed by atoms with Gasteiger partial charge in [0.1, 0.15) is 0 Å². The molecule has 0 unspecified atom stereocenters. The summed E-state index contributed by atoms with van der Waals surface area (Å²) in [5.74, 6) is -0.686. The number of nitrogens with two attached hydrogens (primary N) is 1. The summed E-state index contributed by atoms with van der Waals surface area (Å²) in [7, 11) is -3.74. The molecule has 1 aliphatic heterocycles. The molecule has 148 valence electrons. The van der Waals surface area contributed by atoms with Crippen LogP contribution in [0.5, 0.6) is 0 Å². The highest BCUT2D eigenvalue weighted by Crippen LogP contribution is 2.27. The molecule has 28 heavy (non-hydrogen) atoms. The molecule has 8 heteroatoms. The summed E-state index contributed by atoms with van der Waals surface area (Å²) in [5, 5.41) is 7.88. The maximum atomic E-state index is 12.5. The van der Waals surface area contributed by atoms with Gasteiger partial charge in [-0.15, -0.1) is 0 Å². The van der Waals surface area contributed by atoms with Crippen molar-refractivity contribution in [3.05, 3.63) is 59.2 Å². The lowest BCUT2D eigenvalue weighted by Crippen LogP contribution is -2.32. The third-order valence-electron chi connectivity index (χ3n) is 5.02. The van der Waals surface area contributed by atoms with Gasteiger partial charge in [-0.3, -0.25) is 9.59 Å². The lowest BCUT2D eigenvalue weighted by molar-refractivity contribution is -0.126. The highest BCUT2D eigenvalue weighted by molar-refractivity contribution is 7.89. The summed E-state index contributed by atoms with van der Waals surface area (Å²) in [6.45, 7) is 4.59. The number of carbonyl (C=O) groups is 2. The van der Waals surface area contributed by atoms with Gasteiger partial charge in [-0.1, -0.05) is 18.2 Å². The van der Waals surface area contributed by atoms with E-state index >= 15 is 0 Å². The summed E-state index contributed by atoms with van der Waals surface area (Å²) in [6.07, 6.45) is 0.170. The van der Waals surface area contributed by atoms with Gasteiger partial charge in [-0.2, -0.15) is 0 Å². The van der Waals surface area contributed by atoms with Crippen LogP contribution in [0.3, 0.4) is 0 Å². The summed E-state index contributed by atoms with van der Waals surface area (Å²) in [5.41, 5.74) is 3.80. The number of rotatable bonds is 5. The molecule has 0 spiro atoms. The highest BCUT2D eigenvalue weighted by Gasteiger charge is 2.35. The molecule has 2 aromatic carbocycles. The van der Waals surface area contributed by atoms with Gasteiger partial charge in [0.05, 0.1) is 10.8 Å². The maximum absolute atomic E-state index is 12.5. The van der Waals surface area contributed by atoms with E-state index in [1.807, 2.05) is 32.0 Å².